The Balaban J connectivity index is 1.45. The van der Waals surface area contributed by atoms with Crippen molar-refractivity contribution in [3.05, 3.63) is 87.8 Å². The van der Waals surface area contributed by atoms with Crippen molar-refractivity contribution in [3.63, 3.8) is 0 Å². The van der Waals surface area contributed by atoms with Crippen LogP contribution in [0.2, 0.25) is 0 Å². The quantitative estimate of drug-likeness (QED) is 0.141. The van der Waals surface area contributed by atoms with Gasteiger partial charge in [-0.05, 0) is 41.7 Å². The summed E-state index contributed by atoms with van der Waals surface area (Å²) in [5.41, 5.74) is 0.433. The number of nitrogens with one attached hydrogen (secondary N) is 2. The van der Waals surface area contributed by atoms with Crippen LogP contribution in [-0.2, 0) is 33.5 Å². The SMILES string of the molecule is CC(C)(C)CC[C@@]1(C)C(=O)C(C2=NS(O)(O)c3c(CNS(=O)(=O)N(Cc4ccccc4)C(=O)O)csc3N2)=C(O)c2ccccc21. The van der Waals surface area contributed by atoms with E-state index in [0.717, 1.165) is 11.3 Å². The van der Waals surface area contributed by atoms with Crippen molar-refractivity contribution < 1.29 is 37.3 Å². The molecule has 1 aromatic heterocycles. The second-order valence-corrected chi connectivity index (χ2v) is 16.8. The molecule has 2 aliphatic rings. The van der Waals surface area contributed by atoms with E-state index < -0.39 is 51.4 Å². The molecule has 1 aliphatic carbocycles. The zero-order chi connectivity index (χ0) is 33.7. The molecule has 46 heavy (non-hydrogen) atoms. The van der Waals surface area contributed by atoms with E-state index in [4.69, 9.17) is 0 Å². The molecule has 1 amide bonds. The van der Waals surface area contributed by atoms with Crippen molar-refractivity contribution in [2.75, 3.05) is 5.32 Å². The van der Waals surface area contributed by atoms with Crippen LogP contribution in [0, 0.1) is 5.41 Å². The number of hydrogen-bond donors (Lipinski definition) is 6. The third kappa shape index (κ3) is 6.43. The summed E-state index contributed by atoms with van der Waals surface area (Å²) in [5.74, 6) is -0.967. The molecule has 5 rings (SSSR count). The third-order valence-corrected chi connectivity index (χ3v) is 11.9. The monoisotopic (exact) mass is 688 g/mol. The van der Waals surface area contributed by atoms with Gasteiger partial charge in [-0.25, -0.2) is 4.79 Å². The van der Waals surface area contributed by atoms with E-state index in [0.29, 0.717) is 29.5 Å². The maximum atomic E-state index is 14.2. The van der Waals surface area contributed by atoms with Gasteiger partial charge < -0.3 is 15.5 Å². The van der Waals surface area contributed by atoms with Crippen LogP contribution in [0.3, 0.4) is 0 Å². The van der Waals surface area contributed by atoms with Crippen molar-refractivity contribution in [2.45, 2.75) is 63.9 Å². The van der Waals surface area contributed by atoms with Crippen LogP contribution >= 0.6 is 22.1 Å². The molecule has 2 heterocycles. The maximum Gasteiger partial charge on any atom is 0.422 e. The van der Waals surface area contributed by atoms with Crippen LogP contribution in [0.1, 0.15) is 62.8 Å². The van der Waals surface area contributed by atoms with Gasteiger partial charge in [0.15, 0.2) is 11.6 Å². The number of fused-ring (bicyclic) bond motifs is 2. The van der Waals surface area contributed by atoms with Gasteiger partial charge in [0, 0.05) is 17.7 Å². The van der Waals surface area contributed by atoms with Crippen molar-refractivity contribution in [2.24, 2.45) is 9.81 Å². The Hall–Kier alpha value is -3.73. The molecule has 1 aliphatic heterocycles. The van der Waals surface area contributed by atoms with Crippen LogP contribution in [0.15, 0.2) is 74.8 Å². The van der Waals surface area contributed by atoms with Crippen LogP contribution in [0.4, 0.5) is 9.80 Å². The van der Waals surface area contributed by atoms with E-state index >= 15 is 0 Å². The molecular formula is C31H36N4O8S3. The number of carboxylic acid groups (broad SMARTS) is 1. The Kier molecular flexibility index (Phi) is 8.87. The van der Waals surface area contributed by atoms with E-state index in [1.54, 1.807) is 48.5 Å². The van der Waals surface area contributed by atoms with Gasteiger partial charge in [0.1, 0.15) is 21.2 Å². The second-order valence-electron chi connectivity index (χ2n) is 12.6. The van der Waals surface area contributed by atoms with Crippen LogP contribution < -0.4 is 10.0 Å². The number of ketones is 1. The number of Topliss-reactive ketones (excluding diaryl/α,β-unsaturated/α-hetero) is 1. The number of amidine groups is 1. The van der Waals surface area contributed by atoms with Crippen molar-refractivity contribution in [3.8, 4) is 0 Å². The Labute approximate surface area is 273 Å². The number of hydrogen-bond acceptors (Lipinski definition) is 10. The lowest BCUT2D eigenvalue weighted by molar-refractivity contribution is -0.120. The standard InChI is InChI=1S/C31H36N4O8S3/c1-30(2,3)14-15-31(4)22-13-9-8-12-21(22)24(36)23(26(31)37)27-33-28-25(45(40,41)34-27)20(18-44-28)16-32-46(42,43)35(29(38)39)17-19-10-6-5-7-11-19/h5-13,18,32,36,40-41H,14-17H2,1-4H3,(H,33,34)(H,38,39)/t31-/m1/s1. The molecule has 2 aromatic carbocycles. The lowest BCUT2D eigenvalue weighted by Crippen LogP contribution is -2.43. The minimum atomic E-state index is -4.57. The lowest BCUT2D eigenvalue weighted by Gasteiger charge is -2.39. The number of rotatable bonds is 9. The first-order valence-electron chi connectivity index (χ1n) is 14.3. The molecular weight excluding hydrogens is 653 g/mol. The zero-order valence-corrected chi connectivity index (χ0v) is 28.1. The normalized spacial score (nSPS) is 19.9. The molecule has 0 radical (unpaired) electrons. The van der Waals surface area contributed by atoms with Gasteiger partial charge in [-0.15, -0.1) is 15.7 Å². The van der Waals surface area contributed by atoms with E-state index in [1.165, 1.54) is 5.38 Å². The third-order valence-electron chi connectivity index (χ3n) is 8.01. The highest BCUT2D eigenvalue weighted by Gasteiger charge is 2.47. The summed E-state index contributed by atoms with van der Waals surface area (Å²) in [6, 6.07) is 15.3. The highest BCUT2D eigenvalue weighted by molar-refractivity contribution is 8.23. The molecule has 246 valence electrons. The zero-order valence-electron chi connectivity index (χ0n) is 25.6. The van der Waals surface area contributed by atoms with Crippen molar-refractivity contribution in [1.82, 2.24) is 9.03 Å². The Morgan fingerprint density at radius 1 is 1.11 bits per heavy atom. The molecule has 3 aromatic rings. The number of anilines is 1. The Bertz CT molecular complexity index is 1860. The van der Waals surface area contributed by atoms with Crippen LogP contribution in [0.5, 0.6) is 0 Å². The van der Waals surface area contributed by atoms with Crippen LogP contribution in [-0.4, -0.2) is 49.8 Å². The molecule has 0 saturated heterocycles. The highest BCUT2D eigenvalue weighted by atomic mass is 32.3. The molecule has 0 unspecified atom stereocenters. The Morgan fingerprint density at radius 2 is 1.76 bits per heavy atom. The molecule has 0 fully saturated rings. The average Bonchev–Trinajstić information content (AvgIpc) is 3.41. The summed E-state index contributed by atoms with van der Waals surface area (Å²) in [5, 5.41) is 25.6. The molecule has 0 spiro atoms. The van der Waals surface area contributed by atoms with Crippen LogP contribution in [0.25, 0.3) is 5.76 Å². The van der Waals surface area contributed by atoms with Gasteiger partial charge >= 0.3 is 16.3 Å². The number of nitrogens with zero attached hydrogens (tertiary/aromatic N) is 2. The molecule has 6 N–H and O–H groups in total. The number of carbonyl (C=O) groups is 2. The number of aliphatic hydroxyl groups is 1. The average molecular weight is 689 g/mol. The van der Waals surface area contributed by atoms with Crippen molar-refractivity contribution >= 4 is 60.8 Å². The maximum absolute atomic E-state index is 14.2. The summed E-state index contributed by atoms with van der Waals surface area (Å²) < 4.78 is 55.1. The predicted molar refractivity (Wildman–Crippen MR) is 179 cm³/mol. The fourth-order valence-electron chi connectivity index (χ4n) is 5.46. The fraction of sp³-hybridized carbons (Fsp3) is 0.323. The largest absolute Gasteiger partial charge is 0.506 e. The Morgan fingerprint density at radius 3 is 2.41 bits per heavy atom. The van der Waals surface area contributed by atoms with E-state index in [9.17, 15) is 37.3 Å². The van der Waals surface area contributed by atoms with E-state index in [1.807, 2.05) is 13.0 Å². The number of thiophene rings is 1. The van der Waals surface area contributed by atoms with Gasteiger partial charge in [-0.3, -0.25) is 13.9 Å². The fourth-order valence-corrected chi connectivity index (χ4v) is 9.15. The van der Waals surface area contributed by atoms with Gasteiger partial charge in [0.25, 0.3) is 0 Å². The van der Waals surface area contributed by atoms with E-state index in [-0.39, 0.29) is 42.3 Å². The minimum Gasteiger partial charge on any atom is -0.506 e. The number of benzene rings is 2. The van der Waals surface area contributed by atoms with Gasteiger partial charge in [0.2, 0.25) is 0 Å². The van der Waals surface area contributed by atoms with E-state index in [2.05, 4.69) is 35.2 Å². The first-order valence-corrected chi connectivity index (χ1v) is 18.1. The summed E-state index contributed by atoms with van der Waals surface area (Å²) >= 11 is 1.02. The smallest absolute Gasteiger partial charge is 0.422 e. The first kappa shape index (κ1) is 33.6. The number of aliphatic hydroxyl groups excluding tert-OH is 1. The predicted octanol–water partition coefficient (Wildman–Crippen LogP) is 6.75. The molecule has 1 atom stereocenters. The molecule has 0 saturated carbocycles. The van der Waals surface area contributed by atoms with Crippen molar-refractivity contribution in [1.29, 1.82) is 0 Å². The lowest BCUT2D eigenvalue weighted by atomic mass is 9.65. The summed E-state index contributed by atoms with van der Waals surface area (Å²) in [4.78, 5) is 26.0. The van der Waals surface area contributed by atoms with Gasteiger partial charge in [-0.2, -0.15) is 17.4 Å². The number of amides is 1. The summed E-state index contributed by atoms with van der Waals surface area (Å²) in [6.07, 6.45) is -0.518. The second kappa shape index (κ2) is 12.1. The summed E-state index contributed by atoms with van der Waals surface area (Å²) in [7, 11) is -8.57. The molecule has 0 bridgehead atoms. The highest BCUT2D eigenvalue weighted by Crippen LogP contribution is 2.59. The molecule has 12 nitrogen and oxygen atoms in total. The summed E-state index contributed by atoms with van der Waals surface area (Å²) in [6.45, 7) is 7.13. The minimum absolute atomic E-state index is 0.0788. The van der Waals surface area contributed by atoms with Gasteiger partial charge in [-0.1, -0.05) is 86.1 Å². The first-order chi connectivity index (χ1) is 21.4. The topological polar surface area (TPSA) is 189 Å². The van der Waals surface area contributed by atoms with Gasteiger partial charge in [0.05, 0.1) is 12.0 Å². The molecule has 15 heteroatoms. The number of carbonyl (C=O) groups excluding carboxylic acids is 1.